The molecule has 3 nitrogen and oxygen atoms in total. The molecule has 0 saturated carbocycles. The van der Waals surface area contributed by atoms with Crippen LogP contribution >= 0.6 is 0 Å². The zero-order chi connectivity index (χ0) is 11.4. The highest BCUT2D eigenvalue weighted by Crippen LogP contribution is 2.11. The third-order valence-corrected chi connectivity index (χ3v) is 3.08. The SMILES string of the molecule is CCN(CC)CCn1cnc2ccccc21. The summed E-state index contributed by atoms with van der Waals surface area (Å²) in [6, 6.07) is 8.29. The Balaban J connectivity index is 2.09. The minimum absolute atomic E-state index is 1.02. The van der Waals surface area contributed by atoms with Gasteiger partial charge in [-0.05, 0) is 25.2 Å². The molecule has 0 unspecified atom stereocenters. The van der Waals surface area contributed by atoms with Crippen molar-refractivity contribution < 1.29 is 0 Å². The summed E-state index contributed by atoms with van der Waals surface area (Å²) in [6.07, 6.45) is 1.94. The van der Waals surface area contributed by atoms with Gasteiger partial charge in [-0.1, -0.05) is 26.0 Å². The molecular weight excluding hydrogens is 198 g/mol. The summed E-state index contributed by atoms with van der Waals surface area (Å²) in [6.45, 7) is 8.74. The van der Waals surface area contributed by atoms with Gasteiger partial charge in [0, 0.05) is 13.1 Å². The minimum Gasteiger partial charge on any atom is -0.329 e. The molecule has 0 aliphatic carbocycles. The molecule has 0 aliphatic heterocycles. The van der Waals surface area contributed by atoms with E-state index >= 15 is 0 Å². The number of imidazole rings is 1. The molecule has 16 heavy (non-hydrogen) atoms. The Morgan fingerprint density at radius 2 is 1.94 bits per heavy atom. The second-order valence-electron chi connectivity index (χ2n) is 3.95. The maximum absolute atomic E-state index is 4.39. The Morgan fingerprint density at radius 3 is 2.69 bits per heavy atom. The van der Waals surface area contributed by atoms with E-state index in [1.165, 1.54) is 5.52 Å². The van der Waals surface area contributed by atoms with Crippen LogP contribution in [0, 0.1) is 0 Å². The maximum atomic E-state index is 4.39. The largest absolute Gasteiger partial charge is 0.329 e. The molecule has 1 aromatic heterocycles. The van der Waals surface area contributed by atoms with Crippen LogP contribution in [-0.2, 0) is 6.54 Å². The van der Waals surface area contributed by atoms with Crippen LogP contribution in [0.5, 0.6) is 0 Å². The summed E-state index contributed by atoms with van der Waals surface area (Å²) in [5.41, 5.74) is 2.32. The molecule has 0 bridgehead atoms. The lowest BCUT2D eigenvalue weighted by molar-refractivity contribution is 0.292. The third kappa shape index (κ3) is 2.25. The number of nitrogens with zero attached hydrogens (tertiary/aromatic N) is 3. The number of aromatic nitrogens is 2. The molecule has 0 aliphatic rings. The molecule has 0 spiro atoms. The number of para-hydroxylation sites is 2. The lowest BCUT2D eigenvalue weighted by atomic mass is 10.3. The highest BCUT2D eigenvalue weighted by atomic mass is 15.1. The predicted molar refractivity (Wildman–Crippen MR) is 67.5 cm³/mol. The fourth-order valence-corrected chi connectivity index (χ4v) is 1.98. The van der Waals surface area contributed by atoms with Crippen LogP contribution in [0.15, 0.2) is 30.6 Å². The van der Waals surface area contributed by atoms with Crippen LogP contribution in [0.3, 0.4) is 0 Å². The molecule has 0 amide bonds. The lowest BCUT2D eigenvalue weighted by Gasteiger charge is -2.18. The minimum atomic E-state index is 1.02. The topological polar surface area (TPSA) is 21.1 Å². The van der Waals surface area contributed by atoms with Crippen molar-refractivity contribution in [3.05, 3.63) is 30.6 Å². The summed E-state index contributed by atoms with van der Waals surface area (Å²) in [7, 11) is 0. The number of benzene rings is 1. The van der Waals surface area contributed by atoms with Gasteiger partial charge in [0.2, 0.25) is 0 Å². The standard InChI is InChI=1S/C13H19N3/c1-3-15(4-2)9-10-16-11-14-12-7-5-6-8-13(12)16/h5-8,11H,3-4,9-10H2,1-2H3. The molecule has 3 heteroatoms. The fraction of sp³-hybridized carbons (Fsp3) is 0.462. The van der Waals surface area contributed by atoms with Crippen molar-refractivity contribution in [1.82, 2.24) is 14.5 Å². The van der Waals surface area contributed by atoms with E-state index in [1.54, 1.807) is 0 Å². The van der Waals surface area contributed by atoms with E-state index in [9.17, 15) is 0 Å². The van der Waals surface area contributed by atoms with Crippen LogP contribution in [-0.4, -0.2) is 34.1 Å². The lowest BCUT2D eigenvalue weighted by Crippen LogP contribution is -2.26. The van der Waals surface area contributed by atoms with Crippen LogP contribution in [0.2, 0.25) is 0 Å². The van der Waals surface area contributed by atoms with Crippen molar-refractivity contribution in [3.8, 4) is 0 Å². The van der Waals surface area contributed by atoms with Crippen LogP contribution < -0.4 is 0 Å². The summed E-state index contributed by atoms with van der Waals surface area (Å²) >= 11 is 0. The van der Waals surface area contributed by atoms with Gasteiger partial charge in [0.15, 0.2) is 0 Å². The highest BCUT2D eigenvalue weighted by Gasteiger charge is 2.03. The van der Waals surface area contributed by atoms with Crippen molar-refractivity contribution in [3.63, 3.8) is 0 Å². The third-order valence-electron chi connectivity index (χ3n) is 3.08. The zero-order valence-corrected chi connectivity index (χ0v) is 10.1. The van der Waals surface area contributed by atoms with Crippen LogP contribution in [0.25, 0.3) is 11.0 Å². The number of fused-ring (bicyclic) bond motifs is 1. The number of likely N-dealkylation sites (N-methyl/N-ethyl adjacent to an activating group) is 1. The van der Waals surface area contributed by atoms with Gasteiger partial charge in [-0.2, -0.15) is 0 Å². The van der Waals surface area contributed by atoms with Crippen molar-refractivity contribution in [2.45, 2.75) is 20.4 Å². The van der Waals surface area contributed by atoms with Gasteiger partial charge in [-0.25, -0.2) is 4.98 Å². The van der Waals surface area contributed by atoms with Crippen LogP contribution in [0.1, 0.15) is 13.8 Å². The molecule has 86 valence electrons. The maximum Gasteiger partial charge on any atom is 0.0958 e. The second kappa shape index (κ2) is 5.12. The first-order valence-electron chi connectivity index (χ1n) is 5.97. The molecule has 2 aromatic rings. The van der Waals surface area contributed by atoms with E-state index < -0.39 is 0 Å². The van der Waals surface area contributed by atoms with E-state index in [0.29, 0.717) is 0 Å². The highest BCUT2D eigenvalue weighted by molar-refractivity contribution is 5.74. The van der Waals surface area contributed by atoms with Gasteiger partial charge in [-0.15, -0.1) is 0 Å². The summed E-state index contributed by atoms with van der Waals surface area (Å²) in [5.74, 6) is 0. The first-order chi connectivity index (χ1) is 7.85. The normalized spacial score (nSPS) is 11.4. The smallest absolute Gasteiger partial charge is 0.0958 e. The van der Waals surface area contributed by atoms with Crippen molar-refractivity contribution in [2.24, 2.45) is 0 Å². The molecule has 0 saturated heterocycles. The Kier molecular flexibility index (Phi) is 3.57. The van der Waals surface area contributed by atoms with E-state index in [4.69, 9.17) is 0 Å². The quantitative estimate of drug-likeness (QED) is 0.766. The Labute approximate surface area is 96.7 Å². The Bertz CT molecular complexity index is 443. The zero-order valence-electron chi connectivity index (χ0n) is 10.1. The van der Waals surface area contributed by atoms with Gasteiger partial charge >= 0.3 is 0 Å². The summed E-state index contributed by atoms with van der Waals surface area (Å²) in [5, 5.41) is 0. The molecule has 0 fully saturated rings. The first-order valence-corrected chi connectivity index (χ1v) is 5.97. The van der Waals surface area contributed by atoms with Gasteiger partial charge < -0.3 is 9.47 Å². The molecule has 0 N–H and O–H groups in total. The average Bonchev–Trinajstić information content (AvgIpc) is 2.74. The van der Waals surface area contributed by atoms with E-state index in [0.717, 1.165) is 31.7 Å². The molecular formula is C13H19N3. The molecule has 2 rings (SSSR count). The molecule has 1 heterocycles. The fourth-order valence-electron chi connectivity index (χ4n) is 1.98. The van der Waals surface area contributed by atoms with E-state index in [1.807, 2.05) is 12.4 Å². The van der Waals surface area contributed by atoms with Gasteiger partial charge in [0.25, 0.3) is 0 Å². The number of hydrogen-bond acceptors (Lipinski definition) is 2. The number of hydrogen-bond donors (Lipinski definition) is 0. The van der Waals surface area contributed by atoms with Gasteiger partial charge in [0.1, 0.15) is 0 Å². The number of rotatable bonds is 5. The van der Waals surface area contributed by atoms with Gasteiger partial charge in [-0.3, -0.25) is 0 Å². The van der Waals surface area contributed by atoms with Crippen molar-refractivity contribution in [2.75, 3.05) is 19.6 Å². The van der Waals surface area contributed by atoms with Crippen molar-refractivity contribution >= 4 is 11.0 Å². The monoisotopic (exact) mass is 217 g/mol. The van der Waals surface area contributed by atoms with Gasteiger partial charge in [0.05, 0.1) is 17.4 Å². The van der Waals surface area contributed by atoms with Crippen LogP contribution in [0.4, 0.5) is 0 Å². The first kappa shape index (κ1) is 11.1. The second-order valence-corrected chi connectivity index (χ2v) is 3.95. The Morgan fingerprint density at radius 1 is 1.19 bits per heavy atom. The average molecular weight is 217 g/mol. The summed E-state index contributed by atoms with van der Waals surface area (Å²) in [4.78, 5) is 6.82. The Hall–Kier alpha value is -1.35. The molecule has 1 aromatic carbocycles. The summed E-state index contributed by atoms with van der Waals surface area (Å²) < 4.78 is 2.23. The van der Waals surface area contributed by atoms with E-state index in [-0.39, 0.29) is 0 Å². The molecule has 0 atom stereocenters. The van der Waals surface area contributed by atoms with Crippen molar-refractivity contribution in [1.29, 1.82) is 0 Å². The predicted octanol–water partition coefficient (Wildman–Crippen LogP) is 2.38. The van der Waals surface area contributed by atoms with E-state index in [2.05, 4.69) is 46.5 Å². The molecule has 0 radical (unpaired) electrons.